The van der Waals surface area contributed by atoms with Crippen LogP contribution in [0.25, 0.3) is 0 Å². The Labute approximate surface area is 354 Å². The highest BCUT2D eigenvalue weighted by Gasteiger charge is 2.51. The molecule has 61 heavy (non-hydrogen) atoms. The molecule has 3 aliphatic heterocycles. The summed E-state index contributed by atoms with van der Waals surface area (Å²) in [5, 5.41) is 11.5. The third-order valence-corrected chi connectivity index (χ3v) is 11.6. The molecule has 0 radical (unpaired) electrons. The van der Waals surface area contributed by atoms with Gasteiger partial charge in [0.2, 0.25) is 11.8 Å². The van der Waals surface area contributed by atoms with Crippen LogP contribution in [0, 0.1) is 17.2 Å². The average molecular weight is 871 g/mol. The molecule has 1 unspecified atom stereocenters. The van der Waals surface area contributed by atoms with Crippen LogP contribution in [-0.2, 0) is 44.6 Å². The van der Waals surface area contributed by atoms with Gasteiger partial charge in [0.1, 0.15) is 23.9 Å². The number of nitrogens with one attached hydrogen (secondary N) is 1. The zero-order valence-electron chi connectivity index (χ0n) is 33.7. The number of aryl methyl sites for hydroxylation is 1. The number of alkyl halides is 6. The van der Waals surface area contributed by atoms with E-state index in [1.165, 1.54) is 17.0 Å². The van der Waals surface area contributed by atoms with Crippen molar-refractivity contribution < 1.29 is 50.3 Å². The van der Waals surface area contributed by atoms with Crippen LogP contribution in [0.1, 0.15) is 61.4 Å². The molecule has 3 heterocycles. The minimum Gasteiger partial charge on any atom is -0.492 e. The summed E-state index contributed by atoms with van der Waals surface area (Å²) in [6, 6.07) is 14.7. The van der Waals surface area contributed by atoms with Gasteiger partial charge < -0.3 is 9.64 Å². The molecule has 3 aromatic rings. The minimum atomic E-state index is -4.85. The number of anilines is 2. The first kappa shape index (κ1) is 45.2. The fourth-order valence-electron chi connectivity index (χ4n) is 8.04. The lowest BCUT2D eigenvalue weighted by Crippen LogP contribution is -2.60. The molecule has 3 amide bonds. The Bertz CT molecular complexity index is 2260. The number of thiocarbonyl (C=S) groups is 1. The van der Waals surface area contributed by atoms with E-state index >= 15 is 0 Å². The van der Waals surface area contributed by atoms with Gasteiger partial charge in [-0.3, -0.25) is 39.2 Å². The number of rotatable bonds is 13. The number of halogens is 6. The number of nitrogens with zero attached hydrogens (tertiary/aromatic N) is 5. The Hall–Kier alpha value is -5.38. The number of hydrogen-bond acceptors (Lipinski definition) is 9. The first-order chi connectivity index (χ1) is 28.7. The van der Waals surface area contributed by atoms with Crippen molar-refractivity contribution in [3.63, 3.8) is 0 Å². The zero-order valence-corrected chi connectivity index (χ0v) is 34.5. The zero-order chi connectivity index (χ0) is 44.4. The number of ether oxygens (including phenoxy) is 1. The van der Waals surface area contributed by atoms with Crippen LogP contribution in [0.3, 0.4) is 0 Å². The third kappa shape index (κ3) is 10.1. The second-order valence-corrected chi connectivity index (χ2v) is 16.2. The normalized spacial score (nSPS) is 20.2. The first-order valence-corrected chi connectivity index (χ1v) is 20.1. The number of piperazine rings is 1. The van der Waals surface area contributed by atoms with Crippen molar-refractivity contribution in [3.05, 3.63) is 88.5 Å². The van der Waals surface area contributed by atoms with Crippen LogP contribution < -0.4 is 19.9 Å². The van der Waals surface area contributed by atoms with Gasteiger partial charge in [0.05, 0.1) is 29.4 Å². The molecular formula is C43H44F6N6O5S. The van der Waals surface area contributed by atoms with Crippen LogP contribution in [0.15, 0.2) is 60.7 Å². The summed E-state index contributed by atoms with van der Waals surface area (Å²) in [6.07, 6.45) is -8.02. The number of carbonyl (C=O) groups excluding carboxylic acids is 4. The number of ketones is 1. The summed E-state index contributed by atoms with van der Waals surface area (Å²) in [4.78, 5) is 55.8. The molecule has 2 atom stereocenters. The number of hydrogen-bond donors (Lipinski definition) is 1. The molecule has 0 aromatic heterocycles. The summed E-state index contributed by atoms with van der Waals surface area (Å²) >= 11 is 5.66. The van der Waals surface area contributed by atoms with E-state index in [1.54, 1.807) is 55.1 Å². The molecule has 0 spiro atoms. The summed E-state index contributed by atoms with van der Waals surface area (Å²) in [6.45, 7) is 4.75. The minimum absolute atomic E-state index is 0.00162. The summed E-state index contributed by atoms with van der Waals surface area (Å²) in [7, 11) is 0. The fraction of sp³-hybridized carbons (Fsp3) is 0.442. The van der Waals surface area contributed by atoms with Crippen molar-refractivity contribution >= 4 is 52.2 Å². The molecule has 3 fully saturated rings. The maximum atomic E-state index is 14.4. The Balaban J connectivity index is 1.06. The molecular weight excluding hydrogens is 827 g/mol. The number of benzene rings is 3. The van der Waals surface area contributed by atoms with Crippen molar-refractivity contribution in [2.24, 2.45) is 5.92 Å². The van der Waals surface area contributed by atoms with E-state index in [4.69, 9.17) is 17.0 Å². The number of amides is 3. The molecule has 1 N–H and O–H groups in total. The standard InChI is InChI=1S/C43H44F6N6O5S/c1-4-28-21-32(55-40(61)54(39(59)41(55,2)3)31-10-8-30(23-50)34(22-31)42(44,45)46)11-12-35(28)60-17-16-52-14-15-53(36(25-52)43(47,48)49)24-33(56)20-27-7-5-6-26(18-27)19-29-9-13-37(57)51-38(29)58/h5-8,10-12,18,21-22,29,36H,4,9,13-17,19-20,24-25H2,1-3H3,(H,51,57,58)/t29?,36-/m0/s1. The van der Waals surface area contributed by atoms with Gasteiger partial charge in [-0.1, -0.05) is 31.2 Å². The highest BCUT2D eigenvalue weighted by atomic mass is 32.1. The Morgan fingerprint density at radius 1 is 0.984 bits per heavy atom. The molecule has 3 saturated heterocycles. The lowest BCUT2D eigenvalue weighted by atomic mass is 9.90. The Kier molecular flexibility index (Phi) is 13.3. The van der Waals surface area contributed by atoms with E-state index in [9.17, 15) is 50.8 Å². The third-order valence-electron chi connectivity index (χ3n) is 11.3. The van der Waals surface area contributed by atoms with E-state index < -0.39 is 41.0 Å². The quantitative estimate of drug-likeness (QED) is 0.117. The van der Waals surface area contributed by atoms with E-state index in [0.717, 1.165) is 27.5 Å². The Morgan fingerprint density at radius 2 is 1.70 bits per heavy atom. The number of imide groups is 1. The number of piperidine rings is 1. The maximum absolute atomic E-state index is 14.4. The van der Waals surface area contributed by atoms with Crippen molar-refractivity contribution in [1.29, 1.82) is 5.26 Å². The van der Waals surface area contributed by atoms with Gasteiger partial charge in [0.25, 0.3) is 5.91 Å². The Morgan fingerprint density at radius 3 is 2.38 bits per heavy atom. The van der Waals surface area contributed by atoms with Crippen molar-refractivity contribution in [2.75, 3.05) is 49.1 Å². The van der Waals surface area contributed by atoms with Crippen molar-refractivity contribution in [2.45, 2.75) is 76.8 Å². The maximum Gasteiger partial charge on any atom is 0.417 e. The summed E-state index contributed by atoms with van der Waals surface area (Å²) in [5.41, 5.74) is -0.660. The molecule has 0 saturated carbocycles. The van der Waals surface area contributed by atoms with Crippen LogP contribution in [0.2, 0.25) is 0 Å². The van der Waals surface area contributed by atoms with E-state index in [2.05, 4.69) is 5.32 Å². The second-order valence-electron chi connectivity index (χ2n) is 15.9. The van der Waals surface area contributed by atoms with Gasteiger partial charge in [-0.05, 0) is 98.4 Å². The van der Waals surface area contributed by atoms with Gasteiger partial charge in [-0.2, -0.15) is 31.6 Å². The molecule has 0 bridgehead atoms. The second kappa shape index (κ2) is 17.9. The van der Waals surface area contributed by atoms with Gasteiger partial charge in [-0.15, -0.1) is 0 Å². The van der Waals surface area contributed by atoms with Crippen LogP contribution in [-0.4, -0.2) is 95.5 Å². The molecule has 0 aliphatic carbocycles. The van der Waals surface area contributed by atoms with Crippen molar-refractivity contribution in [3.8, 4) is 11.8 Å². The number of nitriles is 1. The highest BCUT2D eigenvalue weighted by molar-refractivity contribution is 7.81. The SMILES string of the molecule is CCc1cc(N2C(=S)N(c3ccc(C#N)c(C(F)(F)F)c3)C(=O)C2(C)C)ccc1OCCN1CCN(CC(=O)Cc2cccc(CC3CCC(=O)NC3=O)c2)[C@H](C(F)(F)F)C1. The van der Waals surface area contributed by atoms with Gasteiger partial charge >= 0.3 is 12.4 Å². The number of carbonyl (C=O) groups is 4. The molecule has 11 nitrogen and oxygen atoms in total. The lowest BCUT2D eigenvalue weighted by molar-refractivity contribution is -0.197. The summed E-state index contributed by atoms with van der Waals surface area (Å²) < 4.78 is 90.6. The topological polar surface area (TPSA) is 126 Å². The van der Waals surface area contributed by atoms with Crippen LogP contribution in [0.4, 0.5) is 37.7 Å². The lowest BCUT2D eigenvalue weighted by Gasteiger charge is -2.41. The van der Waals surface area contributed by atoms with Gasteiger partial charge in [0.15, 0.2) is 10.9 Å². The molecule has 3 aromatic carbocycles. The van der Waals surface area contributed by atoms with Crippen LogP contribution in [0.5, 0.6) is 5.75 Å². The fourth-order valence-corrected chi connectivity index (χ4v) is 8.56. The van der Waals surface area contributed by atoms with E-state index in [0.29, 0.717) is 41.8 Å². The molecule has 6 rings (SSSR count). The molecule has 324 valence electrons. The predicted molar refractivity (Wildman–Crippen MR) is 217 cm³/mol. The van der Waals surface area contributed by atoms with E-state index in [-0.39, 0.29) is 86.5 Å². The average Bonchev–Trinajstić information content (AvgIpc) is 3.37. The molecule has 18 heteroatoms. The smallest absolute Gasteiger partial charge is 0.417 e. The molecule has 3 aliphatic rings. The van der Waals surface area contributed by atoms with E-state index in [1.807, 2.05) is 13.0 Å². The first-order valence-electron chi connectivity index (χ1n) is 19.7. The largest absolute Gasteiger partial charge is 0.492 e. The van der Waals surface area contributed by atoms with Crippen LogP contribution >= 0.6 is 12.2 Å². The van der Waals surface area contributed by atoms with Gasteiger partial charge in [0, 0.05) is 50.6 Å². The monoisotopic (exact) mass is 870 g/mol. The van der Waals surface area contributed by atoms with Gasteiger partial charge in [-0.25, -0.2) is 0 Å². The number of Topliss-reactive ketones (excluding diaryl/α,β-unsaturated/α-hetero) is 1. The summed E-state index contributed by atoms with van der Waals surface area (Å²) in [5.74, 6) is -1.54. The highest BCUT2D eigenvalue weighted by Crippen LogP contribution is 2.41. The predicted octanol–water partition coefficient (Wildman–Crippen LogP) is 6.39. The van der Waals surface area contributed by atoms with Crippen molar-refractivity contribution in [1.82, 2.24) is 15.1 Å².